The maximum atomic E-state index is 13.0. The van der Waals surface area contributed by atoms with Crippen molar-refractivity contribution in [3.63, 3.8) is 0 Å². The summed E-state index contributed by atoms with van der Waals surface area (Å²) in [6, 6.07) is 10.2. The Morgan fingerprint density at radius 1 is 1.08 bits per heavy atom. The number of carbonyl (C=O) groups excluding carboxylic acids is 1. The Morgan fingerprint density at radius 2 is 1.73 bits per heavy atom. The molecule has 2 aromatic carbocycles. The first-order valence-corrected chi connectivity index (χ1v) is 8.93. The SMILES string of the molecule is C[C@H](NS(=O)(=O)c1ccccc1)C(=O)Nc1ccc2c(c1)OC(F)(F)O2. The van der Waals surface area contributed by atoms with E-state index in [1.54, 1.807) is 18.2 Å². The number of nitrogens with one attached hydrogen (secondary N) is 2. The van der Waals surface area contributed by atoms with Gasteiger partial charge in [-0.1, -0.05) is 18.2 Å². The second kappa shape index (κ2) is 6.54. The number of anilines is 1. The number of alkyl halides is 2. The normalized spacial score (nSPS) is 16.1. The molecule has 0 aliphatic carbocycles. The number of amides is 1. The van der Waals surface area contributed by atoms with Crippen molar-refractivity contribution in [1.29, 1.82) is 0 Å². The first kappa shape index (κ1) is 18.1. The topological polar surface area (TPSA) is 93.7 Å². The molecule has 2 aromatic rings. The fourth-order valence-corrected chi connectivity index (χ4v) is 3.46. The first-order chi connectivity index (χ1) is 12.2. The van der Waals surface area contributed by atoms with Gasteiger partial charge < -0.3 is 14.8 Å². The summed E-state index contributed by atoms with van der Waals surface area (Å²) >= 11 is 0. The first-order valence-electron chi connectivity index (χ1n) is 7.44. The Morgan fingerprint density at radius 3 is 2.42 bits per heavy atom. The quantitative estimate of drug-likeness (QED) is 0.825. The van der Waals surface area contributed by atoms with E-state index < -0.39 is 28.3 Å². The molecule has 0 fully saturated rings. The van der Waals surface area contributed by atoms with E-state index in [-0.39, 0.29) is 22.1 Å². The summed E-state index contributed by atoms with van der Waals surface area (Å²) in [6.45, 7) is 1.36. The lowest BCUT2D eigenvalue weighted by molar-refractivity contribution is -0.286. The van der Waals surface area contributed by atoms with Crippen LogP contribution < -0.4 is 19.5 Å². The van der Waals surface area contributed by atoms with Gasteiger partial charge in [0.15, 0.2) is 11.5 Å². The number of benzene rings is 2. The zero-order valence-corrected chi connectivity index (χ0v) is 14.2. The lowest BCUT2D eigenvalue weighted by Gasteiger charge is -2.14. The van der Waals surface area contributed by atoms with Gasteiger partial charge >= 0.3 is 6.29 Å². The Balaban J connectivity index is 1.67. The summed E-state index contributed by atoms with van der Waals surface area (Å²) in [5, 5.41) is 2.43. The predicted molar refractivity (Wildman–Crippen MR) is 87.5 cm³/mol. The molecule has 0 saturated heterocycles. The molecule has 3 rings (SSSR count). The summed E-state index contributed by atoms with van der Waals surface area (Å²) in [5.74, 6) is -1.06. The molecule has 0 unspecified atom stereocenters. The van der Waals surface area contributed by atoms with Crippen molar-refractivity contribution in [3.8, 4) is 11.5 Å². The summed E-state index contributed by atoms with van der Waals surface area (Å²) in [6.07, 6.45) is -3.76. The van der Waals surface area contributed by atoms with Crippen LogP contribution in [0.3, 0.4) is 0 Å². The Hall–Kier alpha value is -2.72. The minimum absolute atomic E-state index is 0.0185. The highest BCUT2D eigenvalue weighted by molar-refractivity contribution is 7.89. The van der Waals surface area contributed by atoms with Crippen LogP contribution in [0.25, 0.3) is 0 Å². The highest BCUT2D eigenvalue weighted by atomic mass is 32.2. The fourth-order valence-electron chi connectivity index (χ4n) is 2.23. The standard InChI is InChI=1S/C16H14F2N2O5S/c1-10(20-26(22,23)12-5-3-2-4-6-12)15(21)19-11-7-8-13-14(9-11)25-16(17,18)24-13/h2-10,20H,1H3,(H,19,21)/t10-/m0/s1. The second-order valence-corrected chi connectivity index (χ2v) is 7.19. The van der Waals surface area contributed by atoms with Crippen LogP contribution in [0.15, 0.2) is 53.4 Å². The fraction of sp³-hybridized carbons (Fsp3) is 0.188. The minimum atomic E-state index is -3.88. The molecule has 1 aliphatic rings. The molecule has 0 bridgehead atoms. The molecule has 10 heteroatoms. The lowest BCUT2D eigenvalue weighted by Crippen LogP contribution is -2.41. The molecule has 0 saturated carbocycles. The highest BCUT2D eigenvalue weighted by Crippen LogP contribution is 2.42. The molecule has 0 aromatic heterocycles. The van der Waals surface area contributed by atoms with E-state index in [9.17, 15) is 22.0 Å². The second-order valence-electron chi connectivity index (χ2n) is 5.47. The molecular formula is C16H14F2N2O5S. The van der Waals surface area contributed by atoms with Crippen LogP contribution in [0.1, 0.15) is 6.92 Å². The average Bonchev–Trinajstić information content (AvgIpc) is 2.88. The van der Waals surface area contributed by atoms with Crippen molar-refractivity contribution < 1.29 is 31.5 Å². The van der Waals surface area contributed by atoms with Gasteiger partial charge in [0.25, 0.3) is 0 Å². The molecule has 138 valence electrons. The van der Waals surface area contributed by atoms with E-state index in [0.29, 0.717) is 0 Å². The van der Waals surface area contributed by atoms with Gasteiger partial charge in [0.2, 0.25) is 15.9 Å². The van der Waals surface area contributed by atoms with Gasteiger partial charge in [-0.2, -0.15) is 4.72 Å². The minimum Gasteiger partial charge on any atom is -0.395 e. The molecule has 1 atom stereocenters. The lowest BCUT2D eigenvalue weighted by atomic mass is 10.2. The third kappa shape index (κ3) is 3.92. The van der Waals surface area contributed by atoms with Crippen molar-refractivity contribution in [2.24, 2.45) is 0 Å². The van der Waals surface area contributed by atoms with Crippen molar-refractivity contribution >= 4 is 21.6 Å². The number of sulfonamides is 1. The predicted octanol–water partition coefficient (Wildman–Crippen LogP) is 2.31. The smallest absolute Gasteiger partial charge is 0.395 e. The highest BCUT2D eigenvalue weighted by Gasteiger charge is 2.43. The van der Waals surface area contributed by atoms with Gasteiger partial charge in [-0.3, -0.25) is 4.79 Å². The summed E-state index contributed by atoms with van der Waals surface area (Å²) in [5.41, 5.74) is 0.154. The zero-order chi connectivity index (χ0) is 18.9. The number of ether oxygens (including phenoxy) is 2. The van der Waals surface area contributed by atoms with E-state index in [4.69, 9.17) is 0 Å². The number of hydrogen-bond donors (Lipinski definition) is 2. The largest absolute Gasteiger partial charge is 0.586 e. The van der Waals surface area contributed by atoms with Crippen LogP contribution in [0.5, 0.6) is 11.5 Å². The maximum absolute atomic E-state index is 13.0. The molecule has 2 N–H and O–H groups in total. The van der Waals surface area contributed by atoms with E-state index in [0.717, 1.165) is 6.07 Å². The van der Waals surface area contributed by atoms with E-state index in [2.05, 4.69) is 19.5 Å². The van der Waals surface area contributed by atoms with E-state index >= 15 is 0 Å². The van der Waals surface area contributed by atoms with Gasteiger partial charge in [0, 0.05) is 11.8 Å². The summed E-state index contributed by atoms with van der Waals surface area (Å²) in [4.78, 5) is 12.2. The maximum Gasteiger partial charge on any atom is 0.586 e. The van der Waals surface area contributed by atoms with Crippen molar-refractivity contribution in [3.05, 3.63) is 48.5 Å². The molecular weight excluding hydrogens is 370 g/mol. The van der Waals surface area contributed by atoms with Crippen LogP contribution in [0.2, 0.25) is 0 Å². The number of rotatable bonds is 5. The Labute approximate surface area is 148 Å². The third-order valence-corrected chi connectivity index (χ3v) is 5.00. The van der Waals surface area contributed by atoms with Crippen LogP contribution in [-0.4, -0.2) is 26.7 Å². The molecule has 26 heavy (non-hydrogen) atoms. The zero-order valence-electron chi connectivity index (χ0n) is 13.4. The number of carbonyl (C=O) groups is 1. The van der Waals surface area contributed by atoms with Crippen molar-refractivity contribution in [1.82, 2.24) is 4.72 Å². The molecule has 7 nitrogen and oxygen atoms in total. The average molecular weight is 384 g/mol. The van der Waals surface area contributed by atoms with Gasteiger partial charge in [-0.05, 0) is 31.2 Å². The summed E-state index contributed by atoms with van der Waals surface area (Å²) in [7, 11) is -3.88. The Kier molecular flexibility index (Phi) is 4.55. The molecule has 1 heterocycles. The van der Waals surface area contributed by atoms with Gasteiger partial charge in [0.05, 0.1) is 10.9 Å². The monoisotopic (exact) mass is 384 g/mol. The third-order valence-electron chi connectivity index (χ3n) is 3.45. The van der Waals surface area contributed by atoms with E-state index in [1.165, 1.54) is 31.2 Å². The van der Waals surface area contributed by atoms with Gasteiger partial charge in [-0.15, -0.1) is 8.78 Å². The number of halogens is 2. The van der Waals surface area contributed by atoms with Gasteiger partial charge in [0.1, 0.15) is 0 Å². The number of hydrogen-bond acceptors (Lipinski definition) is 5. The molecule has 0 radical (unpaired) electrons. The Bertz CT molecular complexity index is 935. The van der Waals surface area contributed by atoms with Crippen LogP contribution >= 0.6 is 0 Å². The van der Waals surface area contributed by atoms with Crippen LogP contribution in [-0.2, 0) is 14.8 Å². The molecule has 1 aliphatic heterocycles. The van der Waals surface area contributed by atoms with Gasteiger partial charge in [-0.25, -0.2) is 8.42 Å². The number of fused-ring (bicyclic) bond motifs is 1. The van der Waals surface area contributed by atoms with Crippen molar-refractivity contribution in [2.45, 2.75) is 24.2 Å². The van der Waals surface area contributed by atoms with E-state index in [1.807, 2.05) is 0 Å². The molecule has 1 amide bonds. The van der Waals surface area contributed by atoms with Crippen LogP contribution in [0, 0.1) is 0 Å². The van der Waals surface area contributed by atoms with Crippen LogP contribution in [0.4, 0.5) is 14.5 Å². The van der Waals surface area contributed by atoms with Crippen molar-refractivity contribution in [2.75, 3.05) is 5.32 Å². The molecule has 0 spiro atoms. The summed E-state index contributed by atoms with van der Waals surface area (Å²) < 4.78 is 61.2.